The quantitative estimate of drug-likeness (QED) is 0.807. The number of rotatable bonds is 6. The molecule has 25 heavy (non-hydrogen) atoms. The first-order valence-electron chi connectivity index (χ1n) is 8.87. The van der Waals surface area contributed by atoms with E-state index in [0.717, 1.165) is 44.8 Å². The van der Waals surface area contributed by atoms with E-state index in [0.29, 0.717) is 6.54 Å². The lowest BCUT2D eigenvalue weighted by Crippen LogP contribution is -2.50. The van der Waals surface area contributed by atoms with Gasteiger partial charge >= 0.3 is 0 Å². The van der Waals surface area contributed by atoms with Crippen LogP contribution in [0.3, 0.4) is 0 Å². The molecule has 1 fully saturated rings. The van der Waals surface area contributed by atoms with Crippen molar-refractivity contribution in [3.05, 3.63) is 60.4 Å². The highest BCUT2D eigenvalue weighted by Crippen LogP contribution is 2.12. The van der Waals surface area contributed by atoms with Crippen LogP contribution in [-0.2, 0) is 11.2 Å². The van der Waals surface area contributed by atoms with Crippen LogP contribution in [0.5, 0.6) is 0 Å². The molecule has 1 saturated heterocycles. The number of anilines is 1. The minimum atomic E-state index is 0.148. The number of carbonyl (C=O) groups excluding carboxylic acids is 1. The Bertz CT molecular complexity index is 654. The third-order valence-electron chi connectivity index (χ3n) is 4.78. The summed E-state index contributed by atoms with van der Waals surface area (Å²) in [5, 5.41) is 0. The van der Waals surface area contributed by atoms with Crippen LogP contribution in [-0.4, -0.2) is 67.0 Å². The third-order valence-corrected chi connectivity index (χ3v) is 4.78. The maximum atomic E-state index is 12.5. The van der Waals surface area contributed by atoms with Gasteiger partial charge in [-0.2, -0.15) is 0 Å². The molecule has 2 aromatic rings. The number of likely N-dealkylation sites (N-methyl/N-ethyl adjacent to an activating group) is 1. The van der Waals surface area contributed by atoms with Crippen LogP contribution in [0.15, 0.2) is 54.9 Å². The van der Waals surface area contributed by atoms with Gasteiger partial charge < -0.3 is 9.80 Å². The van der Waals surface area contributed by atoms with Gasteiger partial charge in [-0.15, -0.1) is 0 Å². The van der Waals surface area contributed by atoms with E-state index in [-0.39, 0.29) is 5.91 Å². The van der Waals surface area contributed by atoms with Crippen LogP contribution < -0.4 is 4.90 Å². The lowest BCUT2D eigenvalue weighted by atomic mass is 10.2. The molecule has 0 N–H and O–H groups in total. The fourth-order valence-electron chi connectivity index (χ4n) is 3.10. The fraction of sp³-hybridized carbons (Fsp3) is 0.400. The van der Waals surface area contributed by atoms with Gasteiger partial charge in [-0.3, -0.25) is 14.7 Å². The predicted molar refractivity (Wildman–Crippen MR) is 101 cm³/mol. The van der Waals surface area contributed by atoms with Gasteiger partial charge in [0.05, 0.1) is 6.54 Å². The lowest BCUT2D eigenvalue weighted by Gasteiger charge is -2.35. The van der Waals surface area contributed by atoms with Crippen LogP contribution >= 0.6 is 0 Å². The van der Waals surface area contributed by atoms with Crippen LogP contribution in [0.1, 0.15) is 5.56 Å². The number of carbonyl (C=O) groups is 1. The molecule has 0 spiro atoms. The molecule has 0 radical (unpaired) electrons. The van der Waals surface area contributed by atoms with Gasteiger partial charge in [-0.1, -0.05) is 24.3 Å². The zero-order valence-electron chi connectivity index (χ0n) is 14.8. The van der Waals surface area contributed by atoms with Crippen LogP contribution in [0, 0.1) is 0 Å². The van der Waals surface area contributed by atoms with E-state index in [1.807, 2.05) is 55.8 Å². The molecule has 1 aliphatic rings. The average Bonchev–Trinajstić information content (AvgIpc) is 2.68. The van der Waals surface area contributed by atoms with E-state index in [4.69, 9.17) is 0 Å². The molecule has 3 rings (SSSR count). The predicted octanol–water partition coefficient (Wildman–Crippen LogP) is 1.90. The first-order chi connectivity index (χ1) is 12.2. The molecule has 0 aliphatic carbocycles. The van der Waals surface area contributed by atoms with Crippen molar-refractivity contribution in [1.82, 2.24) is 14.8 Å². The number of amides is 1. The molecule has 1 aromatic heterocycles. The second-order valence-corrected chi connectivity index (χ2v) is 6.52. The Morgan fingerprint density at radius 2 is 1.76 bits per heavy atom. The summed E-state index contributed by atoms with van der Waals surface area (Å²) in [6.07, 6.45) is 4.78. The number of nitrogens with zero attached hydrogens (tertiary/aromatic N) is 4. The first kappa shape index (κ1) is 17.6. The number of para-hydroxylation sites is 1. The van der Waals surface area contributed by atoms with Crippen molar-refractivity contribution in [2.24, 2.45) is 0 Å². The van der Waals surface area contributed by atoms with Gasteiger partial charge in [-0.25, -0.2) is 0 Å². The number of piperazine rings is 1. The van der Waals surface area contributed by atoms with Crippen molar-refractivity contribution in [1.29, 1.82) is 0 Å². The Morgan fingerprint density at radius 3 is 2.44 bits per heavy atom. The average molecular weight is 338 g/mol. The van der Waals surface area contributed by atoms with Gasteiger partial charge in [0.1, 0.15) is 0 Å². The molecule has 2 heterocycles. The minimum absolute atomic E-state index is 0.148. The zero-order valence-corrected chi connectivity index (χ0v) is 14.8. The number of hydrogen-bond acceptors (Lipinski definition) is 4. The van der Waals surface area contributed by atoms with E-state index in [1.54, 1.807) is 4.90 Å². The summed E-state index contributed by atoms with van der Waals surface area (Å²) in [5.41, 5.74) is 2.23. The highest BCUT2D eigenvalue weighted by Gasteiger charge is 2.20. The third kappa shape index (κ3) is 5.11. The van der Waals surface area contributed by atoms with Gasteiger partial charge in [0.15, 0.2) is 0 Å². The normalized spacial score (nSPS) is 15.9. The lowest BCUT2D eigenvalue weighted by molar-refractivity contribution is -0.119. The molecule has 5 heteroatoms. The maximum absolute atomic E-state index is 12.5. The van der Waals surface area contributed by atoms with Crippen LogP contribution in [0.4, 0.5) is 5.69 Å². The Labute approximate surface area is 149 Å². The van der Waals surface area contributed by atoms with Gasteiger partial charge in [0.2, 0.25) is 5.91 Å². The summed E-state index contributed by atoms with van der Waals surface area (Å²) in [7, 11) is 1.85. The first-order valence-corrected chi connectivity index (χ1v) is 8.87. The number of hydrogen-bond donors (Lipinski definition) is 0. The molecule has 1 aliphatic heterocycles. The minimum Gasteiger partial charge on any atom is -0.314 e. The van der Waals surface area contributed by atoms with Crippen molar-refractivity contribution < 1.29 is 4.79 Å². The molecule has 132 valence electrons. The Kier molecular flexibility index (Phi) is 6.14. The molecule has 5 nitrogen and oxygen atoms in total. The zero-order chi connectivity index (χ0) is 17.5. The summed E-state index contributed by atoms with van der Waals surface area (Å²) >= 11 is 0. The maximum Gasteiger partial charge on any atom is 0.240 e. The Morgan fingerprint density at radius 1 is 1.04 bits per heavy atom. The van der Waals surface area contributed by atoms with E-state index in [2.05, 4.69) is 20.9 Å². The van der Waals surface area contributed by atoms with Gasteiger partial charge in [-0.05, 0) is 30.2 Å². The summed E-state index contributed by atoms with van der Waals surface area (Å²) in [6.45, 7) is 5.47. The second-order valence-electron chi connectivity index (χ2n) is 6.52. The summed E-state index contributed by atoms with van der Waals surface area (Å²) in [5.74, 6) is 0.148. The van der Waals surface area contributed by atoms with Crippen LogP contribution in [0.2, 0.25) is 0 Å². The molecule has 0 atom stereocenters. The highest BCUT2D eigenvalue weighted by atomic mass is 16.2. The van der Waals surface area contributed by atoms with Gasteiger partial charge in [0, 0.05) is 57.9 Å². The number of benzene rings is 1. The fourth-order valence-corrected chi connectivity index (χ4v) is 3.10. The largest absolute Gasteiger partial charge is 0.314 e. The van der Waals surface area contributed by atoms with Crippen molar-refractivity contribution in [3.8, 4) is 0 Å². The van der Waals surface area contributed by atoms with Crippen molar-refractivity contribution in [2.45, 2.75) is 6.42 Å². The van der Waals surface area contributed by atoms with Crippen molar-refractivity contribution in [3.63, 3.8) is 0 Å². The topological polar surface area (TPSA) is 39.7 Å². The van der Waals surface area contributed by atoms with Crippen molar-refractivity contribution in [2.75, 3.05) is 51.2 Å². The Hall–Kier alpha value is -2.24. The summed E-state index contributed by atoms with van der Waals surface area (Å²) in [6, 6.07) is 13.9. The second kappa shape index (κ2) is 8.74. The molecule has 1 aromatic carbocycles. The number of aromatic nitrogens is 1. The van der Waals surface area contributed by atoms with E-state index in [1.165, 1.54) is 5.56 Å². The molecule has 0 bridgehead atoms. The summed E-state index contributed by atoms with van der Waals surface area (Å²) in [4.78, 5) is 23.1. The van der Waals surface area contributed by atoms with Crippen LogP contribution in [0.25, 0.3) is 0 Å². The summed E-state index contributed by atoms with van der Waals surface area (Å²) < 4.78 is 0. The smallest absolute Gasteiger partial charge is 0.240 e. The molecule has 0 unspecified atom stereocenters. The SMILES string of the molecule is CN(C(=O)CN1CCN(CCc2cccnc2)CC1)c1ccccc1. The van der Waals surface area contributed by atoms with Crippen molar-refractivity contribution >= 4 is 11.6 Å². The molecular weight excluding hydrogens is 312 g/mol. The monoisotopic (exact) mass is 338 g/mol. The standard InChI is InChI=1S/C20H26N4O/c1-22(19-7-3-2-4-8-19)20(25)17-24-14-12-23(13-15-24)11-9-18-6-5-10-21-16-18/h2-8,10,16H,9,11-15,17H2,1H3. The van der Waals surface area contributed by atoms with E-state index < -0.39 is 0 Å². The van der Waals surface area contributed by atoms with Gasteiger partial charge in [0.25, 0.3) is 0 Å². The number of pyridine rings is 1. The molecule has 0 saturated carbocycles. The molecular formula is C20H26N4O. The Balaban J connectivity index is 1.41. The van der Waals surface area contributed by atoms with E-state index in [9.17, 15) is 4.79 Å². The van der Waals surface area contributed by atoms with E-state index >= 15 is 0 Å². The highest BCUT2D eigenvalue weighted by molar-refractivity contribution is 5.94. The molecule has 1 amide bonds.